The van der Waals surface area contributed by atoms with Crippen molar-refractivity contribution in [3.63, 3.8) is 0 Å². The molecule has 2 rings (SSSR count). The minimum Gasteiger partial charge on any atom is -0.460 e. The van der Waals surface area contributed by atoms with Crippen molar-refractivity contribution in [3.05, 3.63) is 48.0 Å². The van der Waals surface area contributed by atoms with Gasteiger partial charge in [0.2, 0.25) is 17.7 Å². The van der Waals surface area contributed by atoms with Gasteiger partial charge in [-0.3, -0.25) is 19.2 Å². The Morgan fingerprint density at radius 2 is 1.49 bits per heavy atom. The number of hydrogen-bond donors (Lipinski definition) is 3. The summed E-state index contributed by atoms with van der Waals surface area (Å²) >= 11 is 0. The fourth-order valence-electron chi connectivity index (χ4n) is 3.94. The molecule has 0 unspecified atom stereocenters. The Morgan fingerprint density at radius 3 is 2.14 bits per heavy atom. The highest BCUT2D eigenvalue weighted by Gasteiger charge is 2.29. The van der Waals surface area contributed by atoms with Crippen LogP contribution in [0.25, 0.3) is 10.8 Å². The van der Waals surface area contributed by atoms with E-state index in [0.717, 1.165) is 16.3 Å². The van der Waals surface area contributed by atoms with Crippen molar-refractivity contribution >= 4 is 34.5 Å². The maximum absolute atomic E-state index is 13.0. The van der Waals surface area contributed by atoms with Crippen LogP contribution in [-0.4, -0.2) is 40.9 Å². The van der Waals surface area contributed by atoms with E-state index in [-0.39, 0.29) is 31.1 Å². The lowest BCUT2D eigenvalue weighted by Crippen LogP contribution is -2.45. The van der Waals surface area contributed by atoms with Gasteiger partial charge in [0.15, 0.2) is 0 Å². The summed E-state index contributed by atoms with van der Waals surface area (Å²) in [6.45, 7) is 12.8. The zero-order valence-corrected chi connectivity index (χ0v) is 23.1. The van der Waals surface area contributed by atoms with Crippen LogP contribution in [0.5, 0.6) is 0 Å². The molecule has 0 bridgehead atoms. The first kappa shape index (κ1) is 29.8. The first-order valence-electron chi connectivity index (χ1n) is 12.7. The maximum atomic E-state index is 13.0. The molecule has 0 saturated carbocycles. The molecule has 0 aromatic heterocycles. The Hall–Kier alpha value is -3.42. The third-order valence-corrected chi connectivity index (χ3v) is 5.39. The predicted octanol–water partition coefficient (Wildman–Crippen LogP) is 4.00. The maximum Gasteiger partial charge on any atom is 0.307 e. The summed E-state index contributed by atoms with van der Waals surface area (Å²) in [4.78, 5) is 50.5. The lowest BCUT2D eigenvalue weighted by atomic mass is 9.97. The van der Waals surface area contributed by atoms with Crippen LogP contribution in [0.3, 0.4) is 0 Å². The van der Waals surface area contributed by atoms with Crippen LogP contribution < -0.4 is 16.0 Å². The monoisotopic (exact) mass is 511 g/mol. The number of ether oxygens (including phenoxy) is 1. The second-order valence-electron chi connectivity index (χ2n) is 11.5. The Morgan fingerprint density at radius 1 is 0.838 bits per heavy atom. The highest BCUT2D eigenvalue weighted by molar-refractivity contribution is 5.90. The first-order valence-corrected chi connectivity index (χ1v) is 12.7. The Kier molecular flexibility index (Phi) is 10.2. The molecule has 3 amide bonds. The van der Waals surface area contributed by atoms with Gasteiger partial charge in [0, 0.05) is 31.0 Å². The average molecular weight is 512 g/mol. The lowest BCUT2D eigenvalue weighted by Gasteiger charge is -2.25. The molecular weight excluding hydrogens is 470 g/mol. The summed E-state index contributed by atoms with van der Waals surface area (Å²) in [6.07, 6.45) is -0.340. The minimum atomic E-state index is -0.918. The van der Waals surface area contributed by atoms with Crippen LogP contribution in [0.1, 0.15) is 73.3 Å². The topological polar surface area (TPSA) is 114 Å². The Labute approximate surface area is 219 Å². The van der Waals surface area contributed by atoms with E-state index in [4.69, 9.17) is 4.74 Å². The molecule has 0 aliphatic heterocycles. The molecule has 2 aromatic rings. The van der Waals surface area contributed by atoms with Crippen LogP contribution in [0.4, 0.5) is 0 Å². The predicted molar refractivity (Wildman–Crippen MR) is 144 cm³/mol. The molecule has 202 valence electrons. The van der Waals surface area contributed by atoms with Gasteiger partial charge in [-0.05, 0) is 64.8 Å². The molecule has 0 heterocycles. The zero-order chi connectivity index (χ0) is 27.8. The lowest BCUT2D eigenvalue weighted by molar-refractivity contribution is -0.157. The van der Waals surface area contributed by atoms with Gasteiger partial charge in [-0.25, -0.2) is 0 Å². The van der Waals surface area contributed by atoms with Crippen molar-refractivity contribution in [2.24, 2.45) is 5.92 Å². The fourth-order valence-corrected chi connectivity index (χ4v) is 3.94. The highest BCUT2D eigenvalue weighted by Crippen LogP contribution is 2.19. The van der Waals surface area contributed by atoms with Crippen molar-refractivity contribution < 1.29 is 23.9 Å². The van der Waals surface area contributed by atoms with Crippen LogP contribution in [0.15, 0.2) is 42.5 Å². The molecule has 8 heteroatoms. The van der Waals surface area contributed by atoms with Gasteiger partial charge >= 0.3 is 5.97 Å². The number of rotatable bonds is 10. The van der Waals surface area contributed by atoms with Gasteiger partial charge in [-0.2, -0.15) is 0 Å². The first-order chi connectivity index (χ1) is 17.1. The number of carbonyl (C=O) groups is 4. The van der Waals surface area contributed by atoms with Gasteiger partial charge in [0.1, 0.15) is 5.60 Å². The number of hydrogen-bond acceptors (Lipinski definition) is 5. The standard InChI is InChI=1S/C29H41N3O5/c1-19(15-24(33)30-18-21-13-10-12-20-11-8-9-14-23(20)21)31-27(36)22(16-25(34)32-28(2,3)4)17-26(35)37-29(5,6)7/h8-14,19,22H,15-18H2,1-7H3,(H,30,33)(H,31,36)(H,32,34)/t19-,22+/m0/s1. The van der Waals surface area contributed by atoms with Gasteiger partial charge in [0.25, 0.3) is 0 Å². The number of fused-ring (bicyclic) bond motifs is 1. The van der Waals surface area contributed by atoms with Gasteiger partial charge in [-0.15, -0.1) is 0 Å². The summed E-state index contributed by atoms with van der Waals surface area (Å²) in [6, 6.07) is 13.4. The minimum absolute atomic E-state index is 0.0594. The molecule has 2 aromatic carbocycles. The largest absolute Gasteiger partial charge is 0.460 e. The van der Waals surface area contributed by atoms with E-state index in [0.29, 0.717) is 6.54 Å². The van der Waals surface area contributed by atoms with E-state index in [9.17, 15) is 19.2 Å². The normalized spacial score (nSPS) is 13.4. The fraction of sp³-hybridized carbons (Fsp3) is 0.517. The molecule has 3 N–H and O–H groups in total. The zero-order valence-electron chi connectivity index (χ0n) is 23.1. The molecule has 8 nitrogen and oxygen atoms in total. The summed E-state index contributed by atoms with van der Waals surface area (Å²) in [5.74, 6) is -2.49. The number of benzene rings is 2. The van der Waals surface area contributed by atoms with Crippen LogP contribution in [-0.2, 0) is 30.5 Å². The van der Waals surface area contributed by atoms with Gasteiger partial charge < -0.3 is 20.7 Å². The third kappa shape index (κ3) is 11.0. The van der Waals surface area contributed by atoms with Crippen molar-refractivity contribution in [1.29, 1.82) is 0 Å². The van der Waals surface area contributed by atoms with Crippen LogP contribution in [0.2, 0.25) is 0 Å². The molecule has 0 spiro atoms. The summed E-state index contributed by atoms with van der Waals surface area (Å²) in [5.41, 5.74) is -0.175. The summed E-state index contributed by atoms with van der Waals surface area (Å²) in [7, 11) is 0. The Bertz CT molecular complexity index is 1080. The molecule has 37 heavy (non-hydrogen) atoms. The Balaban J connectivity index is 1.97. The second-order valence-corrected chi connectivity index (χ2v) is 11.5. The molecular formula is C29H41N3O5. The molecule has 0 aliphatic rings. The van der Waals surface area contributed by atoms with Gasteiger partial charge in [0.05, 0.1) is 12.3 Å². The van der Waals surface area contributed by atoms with E-state index in [1.807, 2.05) is 63.2 Å². The van der Waals surface area contributed by atoms with Crippen molar-refractivity contribution in [2.45, 2.75) is 91.5 Å². The number of carbonyl (C=O) groups excluding carboxylic acids is 4. The summed E-state index contributed by atoms with van der Waals surface area (Å²) < 4.78 is 5.36. The SMILES string of the molecule is C[C@@H](CC(=O)NCc1cccc2ccccc12)NC(=O)[C@H](CC(=O)NC(C)(C)C)CC(=O)OC(C)(C)C. The quantitative estimate of drug-likeness (QED) is 0.417. The molecule has 0 fully saturated rings. The van der Waals surface area contributed by atoms with E-state index in [2.05, 4.69) is 16.0 Å². The van der Waals surface area contributed by atoms with E-state index in [1.165, 1.54) is 0 Å². The molecule has 0 radical (unpaired) electrons. The average Bonchev–Trinajstić information content (AvgIpc) is 2.74. The van der Waals surface area contributed by atoms with Crippen molar-refractivity contribution in [1.82, 2.24) is 16.0 Å². The van der Waals surface area contributed by atoms with E-state index < -0.39 is 35.0 Å². The number of esters is 1. The summed E-state index contributed by atoms with van der Waals surface area (Å²) in [5, 5.41) is 10.7. The van der Waals surface area contributed by atoms with E-state index >= 15 is 0 Å². The smallest absolute Gasteiger partial charge is 0.307 e. The van der Waals surface area contributed by atoms with Crippen molar-refractivity contribution in [2.75, 3.05) is 0 Å². The highest BCUT2D eigenvalue weighted by atomic mass is 16.6. The van der Waals surface area contributed by atoms with Crippen LogP contribution >= 0.6 is 0 Å². The van der Waals surface area contributed by atoms with E-state index in [1.54, 1.807) is 27.7 Å². The van der Waals surface area contributed by atoms with Crippen molar-refractivity contribution in [3.8, 4) is 0 Å². The van der Waals surface area contributed by atoms with Crippen LogP contribution in [0, 0.1) is 5.92 Å². The molecule has 2 atom stereocenters. The molecule has 0 aliphatic carbocycles. The number of amides is 3. The van der Waals surface area contributed by atoms with Gasteiger partial charge in [-0.1, -0.05) is 42.5 Å². The number of nitrogens with one attached hydrogen (secondary N) is 3. The third-order valence-electron chi connectivity index (χ3n) is 5.39. The molecule has 0 saturated heterocycles. The second kappa shape index (κ2) is 12.7.